The molecule has 2 aliphatic rings. The van der Waals surface area contributed by atoms with Crippen molar-refractivity contribution in [1.82, 2.24) is 14.8 Å². The highest BCUT2D eigenvalue weighted by Gasteiger charge is 2.33. The maximum atomic E-state index is 12.8. The minimum Gasteiger partial charge on any atom is -0.443 e. The van der Waals surface area contributed by atoms with Gasteiger partial charge in [-0.1, -0.05) is 30.3 Å². The Bertz CT molecular complexity index is 802. The molecule has 6 nitrogen and oxygen atoms in total. The minimum absolute atomic E-state index is 0.00207. The largest absolute Gasteiger partial charge is 0.443 e. The number of benzene rings is 1. The summed E-state index contributed by atoms with van der Waals surface area (Å²) in [5, 5.41) is 0. The number of carbonyl (C=O) groups excluding carboxylic acids is 2. The number of piperidine rings is 1. The summed E-state index contributed by atoms with van der Waals surface area (Å²) >= 11 is 0. The predicted octanol–water partition coefficient (Wildman–Crippen LogP) is 2.94. The molecule has 27 heavy (non-hydrogen) atoms. The molecule has 0 spiro atoms. The van der Waals surface area contributed by atoms with E-state index in [1.165, 1.54) is 5.56 Å². The first kappa shape index (κ1) is 17.8. The predicted molar refractivity (Wildman–Crippen MR) is 99.9 cm³/mol. The number of nitrogens with zero attached hydrogens (tertiary/aromatic N) is 3. The van der Waals surface area contributed by atoms with Gasteiger partial charge in [0.1, 0.15) is 11.8 Å². The monoisotopic (exact) mass is 367 g/mol. The third-order valence-corrected chi connectivity index (χ3v) is 5.40. The lowest BCUT2D eigenvalue weighted by molar-refractivity contribution is -0.141. The number of hydrogen-bond donors (Lipinski definition) is 0. The number of aromatic nitrogens is 1. The van der Waals surface area contributed by atoms with Crippen LogP contribution >= 0.6 is 0 Å². The summed E-state index contributed by atoms with van der Waals surface area (Å²) in [4.78, 5) is 32.7. The Morgan fingerprint density at radius 2 is 2.00 bits per heavy atom. The van der Waals surface area contributed by atoms with Crippen molar-refractivity contribution in [3.8, 4) is 0 Å². The van der Waals surface area contributed by atoms with Gasteiger partial charge >= 0.3 is 0 Å². The Labute approximate surface area is 159 Å². The quantitative estimate of drug-likeness (QED) is 0.815. The molecule has 0 bridgehead atoms. The van der Waals surface area contributed by atoms with Gasteiger partial charge in [0.2, 0.25) is 17.7 Å². The molecule has 3 heterocycles. The molecular formula is C21H25N3O3. The van der Waals surface area contributed by atoms with E-state index in [4.69, 9.17) is 4.42 Å². The highest BCUT2D eigenvalue weighted by Crippen LogP contribution is 2.31. The second-order valence-electron chi connectivity index (χ2n) is 7.34. The van der Waals surface area contributed by atoms with E-state index in [0.717, 1.165) is 31.4 Å². The molecule has 2 saturated heterocycles. The Morgan fingerprint density at radius 1 is 1.15 bits per heavy atom. The number of amides is 2. The summed E-state index contributed by atoms with van der Waals surface area (Å²) < 4.78 is 6.01. The van der Waals surface area contributed by atoms with Crippen molar-refractivity contribution in [3.05, 3.63) is 53.7 Å². The van der Waals surface area contributed by atoms with Crippen LogP contribution in [0.5, 0.6) is 0 Å². The van der Waals surface area contributed by atoms with Crippen molar-refractivity contribution in [2.75, 3.05) is 19.6 Å². The minimum atomic E-state index is -0.131. The van der Waals surface area contributed by atoms with Crippen molar-refractivity contribution < 1.29 is 14.0 Å². The fourth-order valence-corrected chi connectivity index (χ4v) is 3.97. The molecule has 4 rings (SSSR count). The van der Waals surface area contributed by atoms with E-state index in [0.29, 0.717) is 31.8 Å². The normalized spacial score (nSPS) is 20.3. The average Bonchev–Trinajstić information content (AvgIpc) is 3.32. The summed E-state index contributed by atoms with van der Waals surface area (Å²) in [5.74, 6) is 1.50. The number of rotatable bonds is 5. The van der Waals surface area contributed by atoms with Gasteiger partial charge in [0, 0.05) is 25.9 Å². The third-order valence-electron chi connectivity index (χ3n) is 5.40. The molecule has 2 fully saturated rings. The summed E-state index contributed by atoms with van der Waals surface area (Å²) in [6.45, 7) is 1.55. The van der Waals surface area contributed by atoms with E-state index in [2.05, 4.69) is 17.1 Å². The first-order valence-electron chi connectivity index (χ1n) is 9.76. The zero-order chi connectivity index (χ0) is 18.6. The zero-order valence-electron chi connectivity index (χ0n) is 15.5. The van der Waals surface area contributed by atoms with Gasteiger partial charge in [0.05, 0.1) is 12.7 Å². The van der Waals surface area contributed by atoms with E-state index in [-0.39, 0.29) is 24.4 Å². The SMILES string of the molecule is O=C1CCCN1CC(=O)N1CCCC[C@H]1c1ncc(Cc2ccccc2)o1. The molecule has 1 aromatic heterocycles. The average molecular weight is 367 g/mol. The second-order valence-corrected chi connectivity index (χ2v) is 7.34. The standard InChI is InChI=1S/C21H25N3O3/c25-19-10-6-11-23(19)15-20(26)24-12-5-4-9-18(24)21-22-14-17(27-21)13-16-7-2-1-3-8-16/h1-3,7-8,14,18H,4-6,9-13,15H2/t18-/m0/s1. The first-order chi connectivity index (χ1) is 13.2. The van der Waals surface area contributed by atoms with Gasteiger partial charge < -0.3 is 14.2 Å². The van der Waals surface area contributed by atoms with Gasteiger partial charge in [-0.25, -0.2) is 4.98 Å². The summed E-state index contributed by atoms with van der Waals surface area (Å²) in [6.07, 6.45) is 6.74. The van der Waals surface area contributed by atoms with E-state index in [1.807, 2.05) is 23.1 Å². The molecule has 0 N–H and O–H groups in total. The smallest absolute Gasteiger partial charge is 0.242 e. The third kappa shape index (κ3) is 4.04. The summed E-state index contributed by atoms with van der Waals surface area (Å²) in [5.41, 5.74) is 1.17. The van der Waals surface area contributed by atoms with E-state index < -0.39 is 0 Å². The van der Waals surface area contributed by atoms with Crippen LogP contribution in [-0.2, 0) is 16.0 Å². The zero-order valence-corrected chi connectivity index (χ0v) is 15.5. The molecule has 0 saturated carbocycles. The van der Waals surface area contributed by atoms with E-state index >= 15 is 0 Å². The van der Waals surface area contributed by atoms with Crippen molar-refractivity contribution in [3.63, 3.8) is 0 Å². The molecule has 2 aromatic rings. The van der Waals surface area contributed by atoms with Crippen LogP contribution in [0.4, 0.5) is 0 Å². The summed E-state index contributed by atoms with van der Waals surface area (Å²) in [6, 6.07) is 10.00. The molecule has 6 heteroatoms. The highest BCUT2D eigenvalue weighted by molar-refractivity contribution is 5.86. The van der Waals surface area contributed by atoms with Crippen LogP contribution in [0.15, 0.2) is 40.9 Å². The molecule has 142 valence electrons. The Morgan fingerprint density at radius 3 is 2.78 bits per heavy atom. The number of likely N-dealkylation sites (tertiary alicyclic amines) is 2. The Kier molecular flexibility index (Phi) is 5.23. The van der Waals surface area contributed by atoms with Crippen LogP contribution < -0.4 is 0 Å². The van der Waals surface area contributed by atoms with Crippen molar-refractivity contribution in [2.45, 2.75) is 44.6 Å². The van der Waals surface area contributed by atoms with Crippen molar-refractivity contribution in [1.29, 1.82) is 0 Å². The highest BCUT2D eigenvalue weighted by atomic mass is 16.4. The molecule has 0 aliphatic carbocycles. The lowest BCUT2D eigenvalue weighted by Crippen LogP contribution is -2.44. The van der Waals surface area contributed by atoms with Crippen molar-refractivity contribution in [2.24, 2.45) is 0 Å². The number of carbonyl (C=O) groups is 2. The van der Waals surface area contributed by atoms with Crippen LogP contribution in [0.1, 0.15) is 55.4 Å². The molecule has 1 aromatic carbocycles. The van der Waals surface area contributed by atoms with Gasteiger partial charge in [-0.2, -0.15) is 0 Å². The Hall–Kier alpha value is -2.63. The van der Waals surface area contributed by atoms with Gasteiger partial charge in [0.25, 0.3) is 0 Å². The van der Waals surface area contributed by atoms with Crippen molar-refractivity contribution >= 4 is 11.8 Å². The van der Waals surface area contributed by atoms with Crippen LogP contribution in [0.25, 0.3) is 0 Å². The topological polar surface area (TPSA) is 66.7 Å². The lowest BCUT2D eigenvalue weighted by Gasteiger charge is -2.34. The van der Waals surface area contributed by atoms with Crippen LogP contribution in [0.3, 0.4) is 0 Å². The molecular weight excluding hydrogens is 342 g/mol. The van der Waals surface area contributed by atoms with Crippen LogP contribution in [0, 0.1) is 0 Å². The second kappa shape index (κ2) is 7.94. The van der Waals surface area contributed by atoms with Crippen LogP contribution in [0.2, 0.25) is 0 Å². The number of oxazole rings is 1. The maximum absolute atomic E-state index is 12.8. The molecule has 0 radical (unpaired) electrons. The van der Waals surface area contributed by atoms with Crippen LogP contribution in [-0.4, -0.2) is 46.2 Å². The van der Waals surface area contributed by atoms with E-state index in [9.17, 15) is 9.59 Å². The van der Waals surface area contributed by atoms with Gasteiger partial charge in [-0.05, 0) is 31.2 Å². The molecule has 2 aliphatic heterocycles. The van der Waals surface area contributed by atoms with E-state index in [1.54, 1.807) is 11.1 Å². The van der Waals surface area contributed by atoms with Gasteiger partial charge in [0.15, 0.2) is 0 Å². The Balaban J connectivity index is 1.46. The fraction of sp³-hybridized carbons (Fsp3) is 0.476. The summed E-state index contributed by atoms with van der Waals surface area (Å²) in [7, 11) is 0. The maximum Gasteiger partial charge on any atom is 0.242 e. The lowest BCUT2D eigenvalue weighted by atomic mass is 10.0. The first-order valence-corrected chi connectivity index (χ1v) is 9.76. The number of hydrogen-bond acceptors (Lipinski definition) is 4. The van der Waals surface area contributed by atoms with Gasteiger partial charge in [-0.15, -0.1) is 0 Å². The molecule has 2 amide bonds. The molecule has 0 unspecified atom stereocenters. The molecule has 1 atom stereocenters. The fourth-order valence-electron chi connectivity index (χ4n) is 3.97. The van der Waals surface area contributed by atoms with Gasteiger partial charge in [-0.3, -0.25) is 9.59 Å².